The fourth-order valence-electron chi connectivity index (χ4n) is 5.47. The van der Waals surface area contributed by atoms with Gasteiger partial charge >= 0.3 is 6.09 Å². The van der Waals surface area contributed by atoms with Crippen molar-refractivity contribution in [3.05, 3.63) is 29.8 Å². The van der Waals surface area contributed by atoms with Gasteiger partial charge in [0.05, 0.1) is 18.3 Å². The monoisotopic (exact) mass is 445 g/mol. The summed E-state index contributed by atoms with van der Waals surface area (Å²) in [5.41, 5.74) is 0.676. The van der Waals surface area contributed by atoms with Crippen LogP contribution in [0.2, 0.25) is 0 Å². The van der Waals surface area contributed by atoms with Crippen molar-refractivity contribution >= 4 is 6.09 Å². The van der Waals surface area contributed by atoms with Crippen LogP contribution >= 0.6 is 0 Å². The normalized spacial score (nSPS) is 30.2. The van der Waals surface area contributed by atoms with Crippen molar-refractivity contribution in [3.8, 4) is 5.75 Å². The zero-order valence-corrected chi connectivity index (χ0v) is 19.8. The van der Waals surface area contributed by atoms with E-state index >= 15 is 0 Å². The number of rotatable bonds is 6. The van der Waals surface area contributed by atoms with Crippen LogP contribution in [0.15, 0.2) is 24.3 Å². The topological polar surface area (TPSA) is 68.2 Å². The maximum atomic E-state index is 12.6. The van der Waals surface area contributed by atoms with Gasteiger partial charge in [0.1, 0.15) is 11.4 Å². The Morgan fingerprint density at radius 2 is 1.53 bits per heavy atom. The molecule has 32 heavy (non-hydrogen) atoms. The molecule has 0 aromatic heterocycles. The second-order valence-electron chi connectivity index (χ2n) is 10.6. The van der Waals surface area contributed by atoms with Crippen molar-refractivity contribution in [1.29, 1.82) is 0 Å². The number of carbonyl (C=O) groups excluding carboxylic acids is 1. The fraction of sp³-hybridized carbons (Fsp3) is 0.731. The van der Waals surface area contributed by atoms with E-state index < -0.39 is 5.60 Å². The number of aliphatic hydroxyl groups is 1. The third-order valence-corrected chi connectivity index (χ3v) is 6.93. The lowest BCUT2D eigenvalue weighted by Gasteiger charge is -2.41. The number of fused-ring (bicyclic) bond motifs is 2. The largest absolute Gasteiger partial charge is 0.490 e. The van der Waals surface area contributed by atoms with Gasteiger partial charge in [-0.15, -0.1) is 0 Å². The van der Waals surface area contributed by atoms with Gasteiger partial charge in [0.15, 0.2) is 0 Å². The molecule has 1 amide bonds. The molecule has 4 rings (SSSR count). The average molecular weight is 446 g/mol. The Morgan fingerprint density at radius 1 is 0.938 bits per heavy atom. The van der Waals surface area contributed by atoms with Crippen molar-refractivity contribution in [2.45, 2.75) is 115 Å². The first-order valence-corrected chi connectivity index (χ1v) is 12.3. The van der Waals surface area contributed by atoms with Crippen molar-refractivity contribution in [2.24, 2.45) is 0 Å². The summed E-state index contributed by atoms with van der Waals surface area (Å²) >= 11 is 0. The van der Waals surface area contributed by atoms with E-state index in [1.165, 1.54) is 0 Å². The number of carbonyl (C=O) groups is 1. The second-order valence-corrected chi connectivity index (χ2v) is 10.6. The summed E-state index contributed by atoms with van der Waals surface area (Å²) in [7, 11) is 0. The van der Waals surface area contributed by atoms with Crippen LogP contribution in [0.25, 0.3) is 0 Å². The fourth-order valence-corrected chi connectivity index (χ4v) is 5.47. The van der Waals surface area contributed by atoms with Crippen molar-refractivity contribution in [1.82, 2.24) is 4.90 Å². The summed E-state index contributed by atoms with van der Waals surface area (Å²) in [6.45, 7) is 5.95. The minimum Gasteiger partial charge on any atom is -0.490 e. The molecule has 6 nitrogen and oxygen atoms in total. The van der Waals surface area contributed by atoms with Gasteiger partial charge < -0.3 is 24.2 Å². The number of benzene rings is 1. The molecule has 3 fully saturated rings. The first-order valence-electron chi connectivity index (χ1n) is 12.3. The van der Waals surface area contributed by atoms with Crippen LogP contribution in [0, 0.1) is 0 Å². The number of nitrogens with zero attached hydrogens (tertiary/aromatic N) is 1. The van der Waals surface area contributed by atoms with Crippen LogP contribution in [0.1, 0.15) is 77.7 Å². The number of ether oxygens (including phenoxy) is 3. The van der Waals surface area contributed by atoms with Crippen LogP contribution < -0.4 is 4.74 Å². The molecule has 178 valence electrons. The van der Waals surface area contributed by atoms with E-state index in [2.05, 4.69) is 0 Å². The second kappa shape index (κ2) is 10.0. The first kappa shape index (κ1) is 23.4. The van der Waals surface area contributed by atoms with Crippen molar-refractivity contribution < 1.29 is 24.1 Å². The Balaban J connectivity index is 1.21. The Kier molecular flexibility index (Phi) is 7.30. The number of aliphatic hydroxyl groups excluding tert-OH is 1. The van der Waals surface area contributed by atoms with Crippen molar-refractivity contribution in [2.75, 3.05) is 6.61 Å². The van der Waals surface area contributed by atoms with E-state index in [4.69, 9.17) is 19.3 Å². The number of hydrogen-bond acceptors (Lipinski definition) is 5. The molecule has 1 N–H and O–H groups in total. The van der Waals surface area contributed by atoms with Gasteiger partial charge in [0.2, 0.25) is 0 Å². The Morgan fingerprint density at radius 3 is 2.09 bits per heavy atom. The van der Waals surface area contributed by atoms with E-state index in [9.17, 15) is 4.79 Å². The maximum absolute atomic E-state index is 12.6. The lowest BCUT2D eigenvalue weighted by molar-refractivity contribution is -0.0812. The molecule has 2 bridgehead atoms. The molecule has 1 aromatic rings. The summed E-state index contributed by atoms with van der Waals surface area (Å²) in [6.07, 6.45) is 9.31. The van der Waals surface area contributed by atoms with E-state index in [1.807, 2.05) is 49.9 Å². The highest BCUT2D eigenvalue weighted by molar-refractivity contribution is 5.69. The van der Waals surface area contributed by atoms with Gasteiger partial charge in [-0.3, -0.25) is 0 Å². The third-order valence-electron chi connectivity index (χ3n) is 6.93. The minimum atomic E-state index is -0.452. The van der Waals surface area contributed by atoms with Crippen LogP contribution in [0.3, 0.4) is 0 Å². The summed E-state index contributed by atoms with van der Waals surface area (Å²) in [4.78, 5) is 14.6. The minimum absolute atomic E-state index is 0.162. The Hall–Kier alpha value is -1.79. The molecule has 6 heteroatoms. The number of piperidine rings is 1. The zero-order chi connectivity index (χ0) is 22.7. The molecule has 1 saturated carbocycles. The summed E-state index contributed by atoms with van der Waals surface area (Å²) in [5.74, 6) is 0.905. The molecule has 3 aliphatic rings. The Bertz CT molecular complexity index is 736. The maximum Gasteiger partial charge on any atom is 0.410 e. The van der Waals surface area contributed by atoms with Crippen LogP contribution in [0.5, 0.6) is 5.75 Å². The molecule has 3 atom stereocenters. The SMILES string of the molecule is CC(C)(C)OC(=O)N1[C@@H]2CC[C@H]1C[C@H](O[C@H]1CC[C@H](Oc3ccc(CCO)cc3)CC1)C2. The molecular formula is C26H39NO5. The quantitative estimate of drug-likeness (QED) is 0.677. The van der Waals surface area contributed by atoms with E-state index in [0.717, 1.165) is 62.7 Å². The van der Waals surface area contributed by atoms with E-state index in [0.29, 0.717) is 12.5 Å². The standard InChI is InChI=1S/C26H39NO5/c1-26(2,3)32-25(29)27-19-6-7-20(27)17-24(16-19)31-23-12-10-22(11-13-23)30-21-8-4-18(5-9-21)14-15-28/h4-5,8-9,19-20,22-24,28H,6-7,10-17H2,1-3H3/t19-,20+,22-,23-,24-. The zero-order valence-electron chi connectivity index (χ0n) is 19.8. The summed E-state index contributed by atoms with van der Waals surface area (Å²) in [6, 6.07) is 8.56. The van der Waals surface area contributed by atoms with Gasteiger partial charge in [-0.25, -0.2) is 4.79 Å². The summed E-state index contributed by atoms with van der Waals surface area (Å²) in [5, 5.41) is 9.04. The lowest BCUT2D eigenvalue weighted by Crippen LogP contribution is -2.50. The highest BCUT2D eigenvalue weighted by Gasteiger charge is 2.45. The summed E-state index contributed by atoms with van der Waals surface area (Å²) < 4.78 is 18.3. The predicted octanol–water partition coefficient (Wildman–Crippen LogP) is 4.86. The van der Waals surface area contributed by atoms with Crippen LogP contribution in [0.4, 0.5) is 4.79 Å². The van der Waals surface area contributed by atoms with Crippen LogP contribution in [-0.2, 0) is 15.9 Å². The molecule has 2 heterocycles. The molecule has 1 aliphatic carbocycles. The molecule has 0 unspecified atom stereocenters. The molecule has 0 radical (unpaired) electrons. The van der Waals surface area contributed by atoms with Gasteiger partial charge in [-0.2, -0.15) is 0 Å². The smallest absolute Gasteiger partial charge is 0.410 e. The molecule has 1 aromatic carbocycles. The van der Waals surface area contributed by atoms with Gasteiger partial charge in [0, 0.05) is 18.7 Å². The van der Waals surface area contributed by atoms with Crippen LogP contribution in [-0.4, -0.2) is 58.7 Å². The molecule has 2 saturated heterocycles. The molecule has 0 spiro atoms. The highest BCUT2D eigenvalue weighted by atomic mass is 16.6. The van der Waals surface area contributed by atoms with Crippen molar-refractivity contribution in [3.63, 3.8) is 0 Å². The van der Waals surface area contributed by atoms with Gasteiger partial charge in [-0.05, 0) is 96.3 Å². The average Bonchev–Trinajstić information content (AvgIpc) is 3.01. The molecular weight excluding hydrogens is 406 g/mol. The predicted molar refractivity (Wildman–Crippen MR) is 123 cm³/mol. The number of amides is 1. The highest BCUT2D eigenvalue weighted by Crippen LogP contribution is 2.39. The Labute approximate surface area is 192 Å². The first-order chi connectivity index (χ1) is 15.3. The lowest BCUT2D eigenvalue weighted by atomic mass is 9.93. The molecule has 2 aliphatic heterocycles. The van der Waals surface area contributed by atoms with E-state index in [-0.39, 0.29) is 37.0 Å². The van der Waals surface area contributed by atoms with Gasteiger partial charge in [-0.1, -0.05) is 12.1 Å². The third kappa shape index (κ3) is 5.96. The number of hydrogen-bond donors (Lipinski definition) is 1. The van der Waals surface area contributed by atoms with E-state index in [1.54, 1.807) is 0 Å². The van der Waals surface area contributed by atoms with Gasteiger partial charge in [0.25, 0.3) is 0 Å².